The standard InChI is InChI=1S/C19H21FN6O3/c1-3-22-17-12(10-21)11-23-19(25-17)24-15-9-14(20)13(8-16(15)28-2)18(27)26-4-6-29-7-5-26/h8-9,11H,3-7H2,1-2H3,(H2,22,23,24,25). The fraction of sp³-hybridized carbons (Fsp3) is 0.368. The number of benzene rings is 1. The summed E-state index contributed by atoms with van der Waals surface area (Å²) in [5.41, 5.74) is 0.473. The van der Waals surface area contributed by atoms with Crippen molar-refractivity contribution in [2.75, 3.05) is 50.6 Å². The molecule has 29 heavy (non-hydrogen) atoms. The highest BCUT2D eigenvalue weighted by Crippen LogP contribution is 2.31. The Morgan fingerprint density at radius 3 is 2.83 bits per heavy atom. The quantitative estimate of drug-likeness (QED) is 0.758. The number of methoxy groups -OCH3 is 1. The lowest BCUT2D eigenvalue weighted by molar-refractivity contribution is 0.0299. The van der Waals surface area contributed by atoms with Crippen LogP contribution in [0, 0.1) is 17.1 Å². The van der Waals surface area contributed by atoms with E-state index in [0.29, 0.717) is 44.2 Å². The second-order valence-electron chi connectivity index (χ2n) is 6.16. The lowest BCUT2D eigenvalue weighted by Crippen LogP contribution is -2.41. The number of nitrogens with one attached hydrogen (secondary N) is 2. The summed E-state index contributed by atoms with van der Waals surface area (Å²) in [6.45, 7) is 4.11. The predicted octanol–water partition coefficient (Wildman–Crippen LogP) is 2.14. The summed E-state index contributed by atoms with van der Waals surface area (Å²) >= 11 is 0. The maximum Gasteiger partial charge on any atom is 0.257 e. The summed E-state index contributed by atoms with van der Waals surface area (Å²) in [6.07, 6.45) is 1.37. The number of ether oxygens (including phenoxy) is 2. The molecule has 1 aromatic heterocycles. The molecule has 0 aliphatic carbocycles. The molecular formula is C19H21FN6O3. The summed E-state index contributed by atoms with van der Waals surface area (Å²) in [6, 6.07) is 4.52. The van der Waals surface area contributed by atoms with Gasteiger partial charge in [0.15, 0.2) is 0 Å². The highest BCUT2D eigenvalue weighted by atomic mass is 19.1. The molecule has 0 saturated carbocycles. The van der Waals surface area contributed by atoms with E-state index in [1.54, 1.807) is 4.90 Å². The van der Waals surface area contributed by atoms with E-state index >= 15 is 0 Å². The summed E-state index contributed by atoms with van der Waals surface area (Å²) in [7, 11) is 1.42. The molecule has 3 rings (SSSR count). The van der Waals surface area contributed by atoms with Gasteiger partial charge in [-0.05, 0) is 13.0 Å². The first-order chi connectivity index (χ1) is 14.1. The summed E-state index contributed by atoms with van der Waals surface area (Å²) in [5, 5.41) is 15.0. The minimum absolute atomic E-state index is 0.0802. The minimum Gasteiger partial charge on any atom is -0.495 e. The largest absolute Gasteiger partial charge is 0.495 e. The van der Waals surface area contributed by atoms with Gasteiger partial charge in [-0.15, -0.1) is 0 Å². The molecule has 9 nitrogen and oxygen atoms in total. The molecule has 10 heteroatoms. The number of anilines is 3. The van der Waals surface area contributed by atoms with Gasteiger partial charge in [-0.3, -0.25) is 4.79 Å². The van der Waals surface area contributed by atoms with Crippen LogP contribution in [0.1, 0.15) is 22.8 Å². The zero-order valence-electron chi connectivity index (χ0n) is 16.2. The van der Waals surface area contributed by atoms with Gasteiger partial charge >= 0.3 is 0 Å². The highest BCUT2D eigenvalue weighted by Gasteiger charge is 2.23. The van der Waals surface area contributed by atoms with Crippen molar-refractivity contribution in [3.63, 3.8) is 0 Å². The third-order valence-corrected chi connectivity index (χ3v) is 4.32. The van der Waals surface area contributed by atoms with E-state index < -0.39 is 11.7 Å². The van der Waals surface area contributed by atoms with Crippen LogP contribution in [0.25, 0.3) is 0 Å². The number of morpholine rings is 1. The van der Waals surface area contributed by atoms with Crippen molar-refractivity contribution in [3.05, 3.63) is 35.3 Å². The highest BCUT2D eigenvalue weighted by molar-refractivity contribution is 5.96. The molecule has 1 aliphatic heterocycles. The van der Waals surface area contributed by atoms with E-state index in [1.807, 2.05) is 13.0 Å². The zero-order valence-corrected chi connectivity index (χ0v) is 16.2. The molecule has 1 saturated heterocycles. The van der Waals surface area contributed by atoms with Crippen LogP contribution in [0.3, 0.4) is 0 Å². The number of aromatic nitrogens is 2. The third kappa shape index (κ3) is 4.52. The van der Waals surface area contributed by atoms with Crippen LogP contribution >= 0.6 is 0 Å². The lowest BCUT2D eigenvalue weighted by atomic mass is 10.1. The molecule has 1 fully saturated rings. The summed E-state index contributed by atoms with van der Waals surface area (Å²) < 4.78 is 25.3. The molecule has 0 atom stereocenters. The van der Waals surface area contributed by atoms with E-state index in [9.17, 15) is 9.18 Å². The number of carbonyl (C=O) groups excluding carboxylic acids is 1. The van der Waals surface area contributed by atoms with Gasteiger partial charge in [0.1, 0.15) is 29.0 Å². The molecule has 0 spiro atoms. The monoisotopic (exact) mass is 400 g/mol. The maximum atomic E-state index is 14.7. The van der Waals surface area contributed by atoms with Crippen molar-refractivity contribution >= 4 is 23.4 Å². The van der Waals surface area contributed by atoms with E-state index in [-0.39, 0.29) is 22.9 Å². The first kappa shape index (κ1) is 20.3. The van der Waals surface area contributed by atoms with E-state index in [0.717, 1.165) is 0 Å². The number of rotatable bonds is 6. The topological polar surface area (TPSA) is 112 Å². The minimum atomic E-state index is -0.689. The van der Waals surface area contributed by atoms with Gasteiger partial charge in [0.25, 0.3) is 5.91 Å². The zero-order chi connectivity index (χ0) is 20.8. The average molecular weight is 400 g/mol. The van der Waals surface area contributed by atoms with Gasteiger partial charge in [0.05, 0.1) is 37.8 Å². The number of nitrogens with zero attached hydrogens (tertiary/aromatic N) is 4. The Morgan fingerprint density at radius 2 is 2.17 bits per heavy atom. The normalized spacial score (nSPS) is 13.5. The number of hydrogen-bond acceptors (Lipinski definition) is 8. The Bertz CT molecular complexity index is 940. The smallest absolute Gasteiger partial charge is 0.257 e. The fourth-order valence-electron chi connectivity index (χ4n) is 2.87. The van der Waals surface area contributed by atoms with Gasteiger partial charge in [-0.1, -0.05) is 0 Å². The Hall–Kier alpha value is -3.45. The van der Waals surface area contributed by atoms with E-state index in [1.165, 1.54) is 25.4 Å². The molecule has 2 heterocycles. The van der Waals surface area contributed by atoms with Crippen molar-refractivity contribution in [2.24, 2.45) is 0 Å². The average Bonchev–Trinajstić information content (AvgIpc) is 2.74. The second-order valence-corrected chi connectivity index (χ2v) is 6.16. The van der Waals surface area contributed by atoms with E-state index in [2.05, 4.69) is 20.6 Å². The molecule has 2 N–H and O–H groups in total. The van der Waals surface area contributed by atoms with Crippen LogP contribution in [0.2, 0.25) is 0 Å². The molecular weight excluding hydrogens is 379 g/mol. The molecule has 0 radical (unpaired) electrons. The van der Waals surface area contributed by atoms with Crippen molar-refractivity contribution in [1.82, 2.24) is 14.9 Å². The first-order valence-electron chi connectivity index (χ1n) is 9.10. The summed E-state index contributed by atoms with van der Waals surface area (Å²) in [5.74, 6) is -0.318. The molecule has 1 aromatic carbocycles. The number of amides is 1. The number of hydrogen-bond donors (Lipinski definition) is 2. The fourth-order valence-corrected chi connectivity index (χ4v) is 2.87. The Balaban J connectivity index is 1.89. The molecule has 152 valence electrons. The second kappa shape index (κ2) is 9.16. The van der Waals surface area contributed by atoms with Gasteiger partial charge in [0.2, 0.25) is 5.95 Å². The molecule has 1 amide bonds. The van der Waals surface area contributed by atoms with Crippen molar-refractivity contribution in [1.29, 1.82) is 5.26 Å². The van der Waals surface area contributed by atoms with Gasteiger partial charge in [-0.2, -0.15) is 10.2 Å². The first-order valence-corrected chi connectivity index (χ1v) is 9.10. The molecule has 0 unspecified atom stereocenters. The number of halogens is 1. The van der Waals surface area contributed by atoms with Crippen LogP contribution in [0.15, 0.2) is 18.3 Å². The van der Waals surface area contributed by atoms with Crippen molar-refractivity contribution in [3.8, 4) is 11.8 Å². The van der Waals surface area contributed by atoms with Crippen LogP contribution in [-0.4, -0.2) is 60.7 Å². The maximum absolute atomic E-state index is 14.7. The third-order valence-electron chi connectivity index (χ3n) is 4.32. The Morgan fingerprint density at radius 1 is 1.41 bits per heavy atom. The van der Waals surface area contributed by atoms with Gasteiger partial charge in [-0.25, -0.2) is 9.37 Å². The van der Waals surface area contributed by atoms with Gasteiger partial charge < -0.3 is 25.0 Å². The van der Waals surface area contributed by atoms with Crippen molar-refractivity contribution in [2.45, 2.75) is 6.92 Å². The van der Waals surface area contributed by atoms with Crippen molar-refractivity contribution < 1.29 is 18.7 Å². The Labute approximate surface area is 167 Å². The van der Waals surface area contributed by atoms with Crippen LogP contribution < -0.4 is 15.4 Å². The molecule has 2 aromatic rings. The molecule has 1 aliphatic rings. The van der Waals surface area contributed by atoms with Crippen LogP contribution in [0.4, 0.5) is 21.8 Å². The summed E-state index contributed by atoms with van der Waals surface area (Å²) in [4.78, 5) is 22.5. The number of nitriles is 1. The van der Waals surface area contributed by atoms with E-state index in [4.69, 9.17) is 14.7 Å². The van der Waals surface area contributed by atoms with Crippen LogP contribution in [0.5, 0.6) is 5.75 Å². The Kier molecular flexibility index (Phi) is 6.41. The lowest BCUT2D eigenvalue weighted by Gasteiger charge is -2.27. The predicted molar refractivity (Wildman–Crippen MR) is 104 cm³/mol. The number of carbonyl (C=O) groups is 1. The SMILES string of the molecule is CCNc1nc(Nc2cc(F)c(C(=O)N3CCOCC3)cc2OC)ncc1C#N. The van der Waals surface area contributed by atoms with Crippen LogP contribution in [-0.2, 0) is 4.74 Å². The molecule has 0 bridgehead atoms. The van der Waals surface area contributed by atoms with Gasteiger partial charge in [0, 0.05) is 25.7 Å².